The quantitative estimate of drug-likeness (QED) is 0.310. The second-order valence-electron chi connectivity index (χ2n) is 11.5. The van der Waals surface area contributed by atoms with E-state index >= 15 is 0 Å². The van der Waals surface area contributed by atoms with E-state index in [0.717, 1.165) is 14.5 Å². The zero-order valence-electron chi connectivity index (χ0n) is 21.4. The fourth-order valence-corrected chi connectivity index (χ4v) is 6.94. The molecule has 7 nitrogen and oxygen atoms in total. The molecule has 0 bridgehead atoms. The summed E-state index contributed by atoms with van der Waals surface area (Å²) in [6, 6.07) is 13.1. The summed E-state index contributed by atoms with van der Waals surface area (Å²) in [4.78, 5) is 60.9. The molecule has 5 rings (SSSR count). The molecule has 0 unspecified atom stereocenters. The molecule has 37 heavy (non-hydrogen) atoms. The Labute approximate surface area is 233 Å². The van der Waals surface area contributed by atoms with E-state index in [4.69, 9.17) is 0 Å². The van der Waals surface area contributed by atoms with Crippen molar-refractivity contribution < 1.29 is 19.2 Å². The Morgan fingerprint density at radius 3 is 1.92 bits per heavy atom. The number of fused-ring (bicyclic) bond motifs is 3. The normalized spacial score (nSPS) is 27.6. The molecule has 3 heterocycles. The van der Waals surface area contributed by atoms with Crippen molar-refractivity contribution in [3.05, 3.63) is 63.0 Å². The van der Waals surface area contributed by atoms with Gasteiger partial charge in [0.2, 0.25) is 11.8 Å². The molecular formula is C28H29Br2N3O4. The number of hydrogen-bond donors (Lipinski definition) is 0. The van der Waals surface area contributed by atoms with Gasteiger partial charge in [-0.05, 0) is 75.1 Å². The smallest absolute Gasteiger partial charge is 0.300 e. The van der Waals surface area contributed by atoms with Gasteiger partial charge in [0.05, 0.1) is 23.6 Å². The van der Waals surface area contributed by atoms with Crippen molar-refractivity contribution >= 4 is 61.3 Å². The Morgan fingerprint density at radius 2 is 1.41 bits per heavy atom. The number of carbonyl (C=O) groups excluding carboxylic acids is 4. The summed E-state index contributed by atoms with van der Waals surface area (Å²) in [5.74, 6) is -2.98. The van der Waals surface area contributed by atoms with Crippen molar-refractivity contribution in [1.82, 2.24) is 9.80 Å². The summed E-state index contributed by atoms with van der Waals surface area (Å²) in [6.07, 6.45) is 0.274. The van der Waals surface area contributed by atoms with E-state index in [1.165, 1.54) is 9.80 Å². The number of carbonyl (C=O) groups is 4. The highest BCUT2D eigenvalue weighted by atomic mass is 79.9. The summed E-state index contributed by atoms with van der Waals surface area (Å²) in [7, 11) is 0. The topological polar surface area (TPSA) is 78.0 Å². The van der Waals surface area contributed by atoms with Crippen molar-refractivity contribution in [1.29, 1.82) is 0 Å². The molecule has 5 amide bonds. The van der Waals surface area contributed by atoms with Gasteiger partial charge in [0.1, 0.15) is 5.54 Å². The summed E-state index contributed by atoms with van der Waals surface area (Å²) >= 11 is 6.87. The van der Waals surface area contributed by atoms with Crippen LogP contribution in [0.1, 0.15) is 52.6 Å². The lowest BCUT2D eigenvalue weighted by Crippen LogP contribution is -2.56. The zero-order valence-corrected chi connectivity index (χ0v) is 24.5. The minimum absolute atomic E-state index is 0.0139. The molecule has 0 aromatic heterocycles. The molecule has 0 spiro atoms. The van der Waals surface area contributed by atoms with Crippen LogP contribution in [0.25, 0.3) is 0 Å². The summed E-state index contributed by atoms with van der Waals surface area (Å²) in [6.45, 7) is 9.40. The lowest BCUT2D eigenvalue weighted by Gasteiger charge is -2.38. The van der Waals surface area contributed by atoms with Crippen molar-refractivity contribution in [2.45, 2.75) is 58.2 Å². The van der Waals surface area contributed by atoms with Gasteiger partial charge in [-0.15, -0.1) is 0 Å². The minimum atomic E-state index is -1.46. The lowest BCUT2D eigenvalue weighted by molar-refractivity contribution is -0.149. The molecule has 0 aliphatic carbocycles. The number of halogens is 2. The molecule has 3 fully saturated rings. The average molecular weight is 631 g/mol. The third kappa shape index (κ3) is 3.72. The van der Waals surface area contributed by atoms with E-state index in [0.29, 0.717) is 5.69 Å². The maximum absolute atomic E-state index is 14.5. The monoisotopic (exact) mass is 629 g/mol. The van der Waals surface area contributed by atoms with Crippen molar-refractivity contribution in [2.24, 2.45) is 17.8 Å². The molecule has 3 aliphatic rings. The third-order valence-corrected chi connectivity index (χ3v) is 8.63. The number of nitrogens with zero attached hydrogens (tertiary/aromatic N) is 3. The molecule has 3 aliphatic heterocycles. The van der Waals surface area contributed by atoms with Crippen molar-refractivity contribution in [2.75, 3.05) is 4.90 Å². The molecule has 0 saturated carbocycles. The molecule has 0 N–H and O–H groups in total. The van der Waals surface area contributed by atoms with E-state index in [2.05, 4.69) is 31.9 Å². The van der Waals surface area contributed by atoms with E-state index < -0.39 is 40.9 Å². The van der Waals surface area contributed by atoms with E-state index in [1.54, 1.807) is 29.2 Å². The van der Waals surface area contributed by atoms with Gasteiger partial charge in [-0.25, -0.2) is 9.69 Å². The Kier molecular flexibility index (Phi) is 6.18. The minimum Gasteiger partial charge on any atom is -0.300 e. The van der Waals surface area contributed by atoms with E-state index in [9.17, 15) is 19.2 Å². The summed E-state index contributed by atoms with van der Waals surface area (Å²) in [5.41, 5.74) is -1.07. The van der Waals surface area contributed by atoms with Crippen molar-refractivity contribution in [3.63, 3.8) is 0 Å². The first-order chi connectivity index (χ1) is 17.3. The van der Waals surface area contributed by atoms with Crippen LogP contribution in [0.2, 0.25) is 0 Å². The van der Waals surface area contributed by atoms with Gasteiger partial charge in [-0.3, -0.25) is 19.3 Å². The van der Waals surface area contributed by atoms with Gasteiger partial charge in [0.25, 0.3) is 5.91 Å². The number of rotatable bonds is 4. The highest BCUT2D eigenvalue weighted by molar-refractivity contribution is 9.10. The van der Waals surface area contributed by atoms with Crippen LogP contribution < -0.4 is 4.90 Å². The molecule has 0 radical (unpaired) electrons. The van der Waals surface area contributed by atoms with Crippen molar-refractivity contribution in [3.8, 4) is 0 Å². The molecule has 2 aromatic carbocycles. The maximum Gasteiger partial charge on any atom is 0.332 e. The SMILES string of the molecule is CC(C)C[C@@]12C(=O)N(c3ccc(Br)cc3)C(=O)N1[C@H](c1ccc(Br)cc1)[C@@H]1C(=O)N(C(C)(C)C)C(=O)[C@@H]12. The van der Waals surface area contributed by atoms with Crippen LogP contribution >= 0.6 is 31.9 Å². The van der Waals surface area contributed by atoms with Gasteiger partial charge >= 0.3 is 6.03 Å². The first-order valence-corrected chi connectivity index (χ1v) is 14.0. The number of imide groups is 2. The van der Waals surface area contributed by atoms with E-state index in [1.807, 2.05) is 58.9 Å². The summed E-state index contributed by atoms with van der Waals surface area (Å²) in [5, 5.41) is 0. The van der Waals surface area contributed by atoms with Crippen LogP contribution in [0.5, 0.6) is 0 Å². The Hall–Kier alpha value is -2.52. The van der Waals surface area contributed by atoms with E-state index in [-0.39, 0.29) is 24.2 Å². The van der Waals surface area contributed by atoms with Crippen LogP contribution in [0, 0.1) is 17.8 Å². The average Bonchev–Trinajstić information content (AvgIpc) is 3.32. The predicted molar refractivity (Wildman–Crippen MR) is 147 cm³/mol. The highest BCUT2D eigenvalue weighted by Crippen LogP contribution is 2.61. The second kappa shape index (κ2) is 8.76. The van der Waals surface area contributed by atoms with Gasteiger partial charge in [-0.1, -0.05) is 57.8 Å². The Bertz CT molecular complexity index is 1300. The number of likely N-dealkylation sites (tertiary alicyclic amines) is 1. The molecule has 9 heteroatoms. The van der Waals surface area contributed by atoms with Crippen LogP contribution in [0.3, 0.4) is 0 Å². The standard InChI is InChI=1S/C28H29Br2N3O4/c1-15(2)14-28-21-20(23(34)33(24(21)35)27(3,4)5)22(16-6-8-17(29)9-7-16)32(28)26(37)31(25(28)36)19-12-10-18(30)11-13-19/h6-13,15,20-22H,14H2,1-5H3/t20-,21-,22-,28-/m1/s1. The number of anilines is 1. The van der Waals surface area contributed by atoms with Gasteiger partial charge in [0.15, 0.2) is 0 Å². The van der Waals surface area contributed by atoms with Gasteiger partial charge in [-0.2, -0.15) is 0 Å². The van der Waals surface area contributed by atoms with Crippen LogP contribution in [0.15, 0.2) is 57.5 Å². The fourth-order valence-electron chi connectivity index (χ4n) is 6.41. The summed E-state index contributed by atoms with van der Waals surface area (Å²) < 4.78 is 1.67. The maximum atomic E-state index is 14.5. The molecule has 2 aromatic rings. The fraction of sp³-hybridized carbons (Fsp3) is 0.429. The largest absolute Gasteiger partial charge is 0.332 e. The first-order valence-electron chi connectivity index (χ1n) is 12.4. The lowest BCUT2D eigenvalue weighted by atomic mass is 9.74. The number of amides is 5. The van der Waals surface area contributed by atoms with Gasteiger partial charge in [0, 0.05) is 14.5 Å². The first kappa shape index (κ1) is 26.1. The van der Waals surface area contributed by atoms with Crippen LogP contribution in [0.4, 0.5) is 10.5 Å². The molecule has 4 atom stereocenters. The Morgan fingerprint density at radius 1 is 0.865 bits per heavy atom. The van der Waals surface area contributed by atoms with Crippen LogP contribution in [-0.4, -0.2) is 44.6 Å². The zero-order chi connectivity index (χ0) is 27.0. The second-order valence-corrected chi connectivity index (χ2v) is 13.3. The number of urea groups is 1. The molecular weight excluding hydrogens is 602 g/mol. The number of hydrogen-bond acceptors (Lipinski definition) is 4. The third-order valence-electron chi connectivity index (χ3n) is 7.57. The number of benzene rings is 2. The predicted octanol–water partition coefficient (Wildman–Crippen LogP) is 5.92. The highest BCUT2D eigenvalue weighted by Gasteiger charge is 2.77. The van der Waals surface area contributed by atoms with Gasteiger partial charge < -0.3 is 4.90 Å². The Balaban J connectivity index is 1.77. The molecule has 194 valence electrons. The molecule has 3 saturated heterocycles. The van der Waals surface area contributed by atoms with Crippen LogP contribution in [-0.2, 0) is 14.4 Å².